The number of carbonyl (C=O) groups is 1. The summed E-state index contributed by atoms with van der Waals surface area (Å²) >= 11 is 0. The van der Waals surface area contributed by atoms with E-state index in [0.717, 1.165) is 18.8 Å². The Morgan fingerprint density at radius 2 is 1.76 bits per heavy atom. The topological polar surface area (TPSA) is 32.3 Å². The Morgan fingerprint density at radius 3 is 2.45 bits per heavy atom. The first kappa shape index (κ1) is 21.6. The molecule has 1 aliphatic heterocycles. The van der Waals surface area contributed by atoms with E-state index in [1.807, 2.05) is 6.08 Å². The average molecular weight is 445 g/mol. The molecule has 1 aromatic carbocycles. The highest BCUT2D eigenvalue weighted by Crippen LogP contribution is 2.68. The normalized spacial score (nSPS) is 39.9. The van der Waals surface area contributed by atoms with Crippen molar-refractivity contribution in [3.05, 3.63) is 52.6 Å². The van der Waals surface area contributed by atoms with Crippen molar-refractivity contribution < 1.29 is 4.79 Å². The fraction of sp³-hybridized carbons (Fsp3) is 0.633. The number of nitrogens with one attached hydrogen (secondary N) is 1. The summed E-state index contributed by atoms with van der Waals surface area (Å²) < 4.78 is 0. The van der Waals surface area contributed by atoms with Gasteiger partial charge in [0.15, 0.2) is 5.78 Å². The Hall–Kier alpha value is -1.87. The predicted octanol–water partition coefficient (Wildman–Crippen LogP) is 6.16. The quantitative estimate of drug-likeness (QED) is 0.593. The van der Waals surface area contributed by atoms with Gasteiger partial charge in [-0.3, -0.25) is 4.79 Å². The van der Waals surface area contributed by atoms with Crippen LogP contribution in [0.25, 0.3) is 0 Å². The molecule has 176 valence electrons. The number of anilines is 1. The second-order valence-electron chi connectivity index (χ2n) is 12.2. The van der Waals surface area contributed by atoms with Crippen molar-refractivity contribution in [2.45, 2.75) is 89.1 Å². The molecule has 0 aromatic heterocycles. The van der Waals surface area contributed by atoms with Gasteiger partial charge in [-0.1, -0.05) is 24.6 Å². The van der Waals surface area contributed by atoms with Crippen LogP contribution in [0.4, 0.5) is 5.69 Å². The molecular weight excluding hydrogens is 404 g/mol. The second kappa shape index (κ2) is 7.57. The molecule has 0 radical (unpaired) electrons. The molecule has 0 amide bonds. The minimum absolute atomic E-state index is 0.313. The molecular formula is C30H40N2O. The van der Waals surface area contributed by atoms with E-state index in [9.17, 15) is 4.79 Å². The maximum atomic E-state index is 12.3. The Bertz CT molecular complexity index is 1030. The number of allylic oxidation sites excluding steroid dienone is 4. The molecule has 6 atom stereocenters. The minimum Gasteiger partial charge on any atom is -0.378 e. The molecule has 1 N–H and O–H groups in total. The van der Waals surface area contributed by atoms with Gasteiger partial charge in [0.1, 0.15) is 0 Å². The average Bonchev–Trinajstić information content (AvgIpc) is 3.32. The van der Waals surface area contributed by atoms with E-state index in [1.54, 1.807) is 11.1 Å². The van der Waals surface area contributed by atoms with Gasteiger partial charge in [-0.15, -0.1) is 0 Å². The van der Waals surface area contributed by atoms with Crippen molar-refractivity contribution >= 4 is 11.5 Å². The van der Waals surface area contributed by atoms with Crippen LogP contribution in [0.2, 0.25) is 0 Å². The molecule has 6 rings (SSSR count). The zero-order valence-electron chi connectivity index (χ0n) is 20.9. The van der Waals surface area contributed by atoms with Gasteiger partial charge in [0.2, 0.25) is 0 Å². The molecule has 0 bridgehead atoms. The molecule has 1 spiro atoms. The van der Waals surface area contributed by atoms with Crippen LogP contribution in [0.3, 0.4) is 0 Å². The minimum atomic E-state index is 0.313. The summed E-state index contributed by atoms with van der Waals surface area (Å²) in [6.07, 6.45) is 12.6. The third kappa shape index (κ3) is 3.14. The largest absolute Gasteiger partial charge is 0.378 e. The number of hydrogen-bond acceptors (Lipinski definition) is 3. The van der Waals surface area contributed by atoms with Gasteiger partial charge >= 0.3 is 0 Å². The third-order valence-corrected chi connectivity index (χ3v) is 10.4. The molecule has 1 aromatic rings. The zero-order valence-corrected chi connectivity index (χ0v) is 20.9. The predicted molar refractivity (Wildman–Crippen MR) is 136 cm³/mol. The van der Waals surface area contributed by atoms with Crippen LogP contribution in [-0.2, 0) is 4.79 Å². The fourth-order valence-electron chi connectivity index (χ4n) is 8.81. The smallest absolute Gasteiger partial charge is 0.156 e. The maximum Gasteiger partial charge on any atom is 0.156 e. The molecule has 1 saturated heterocycles. The number of ketones is 1. The molecule has 3 unspecified atom stereocenters. The summed E-state index contributed by atoms with van der Waals surface area (Å²) in [5.74, 6) is 2.27. The van der Waals surface area contributed by atoms with Gasteiger partial charge in [0, 0.05) is 43.7 Å². The molecule has 4 aliphatic carbocycles. The van der Waals surface area contributed by atoms with Gasteiger partial charge in [-0.05, 0) is 110 Å². The van der Waals surface area contributed by atoms with Crippen LogP contribution < -0.4 is 10.2 Å². The molecule has 3 nitrogen and oxygen atoms in total. The van der Waals surface area contributed by atoms with Gasteiger partial charge in [0.25, 0.3) is 0 Å². The van der Waals surface area contributed by atoms with Crippen LogP contribution in [0.15, 0.2) is 47.1 Å². The zero-order chi connectivity index (χ0) is 23.0. The number of rotatable bonds is 2. The van der Waals surface area contributed by atoms with Gasteiger partial charge in [-0.2, -0.15) is 0 Å². The summed E-state index contributed by atoms with van der Waals surface area (Å²) in [5, 5.41) is 4.14. The van der Waals surface area contributed by atoms with E-state index in [4.69, 9.17) is 0 Å². The summed E-state index contributed by atoms with van der Waals surface area (Å²) in [6, 6.07) is 10.0. The lowest BCUT2D eigenvalue weighted by molar-refractivity contribution is -0.114. The highest BCUT2D eigenvalue weighted by Gasteiger charge is 2.64. The lowest BCUT2D eigenvalue weighted by Crippen LogP contribution is -2.57. The number of benzene rings is 1. The number of fused-ring (bicyclic) bond motifs is 5. The second-order valence-corrected chi connectivity index (χ2v) is 12.2. The maximum absolute atomic E-state index is 12.3. The number of nitrogens with zero attached hydrogens (tertiary/aromatic N) is 1. The summed E-state index contributed by atoms with van der Waals surface area (Å²) in [4.78, 5) is 14.4. The molecule has 3 heteroatoms. The Morgan fingerprint density at radius 1 is 1.00 bits per heavy atom. The van der Waals surface area contributed by atoms with Crippen molar-refractivity contribution in [1.29, 1.82) is 0 Å². The van der Waals surface area contributed by atoms with Gasteiger partial charge < -0.3 is 10.2 Å². The van der Waals surface area contributed by atoms with E-state index in [0.29, 0.717) is 41.0 Å². The summed E-state index contributed by atoms with van der Waals surface area (Å²) in [6.45, 7) is 5.03. The summed E-state index contributed by atoms with van der Waals surface area (Å²) in [7, 11) is 4.24. The van der Waals surface area contributed by atoms with Crippen LogP contribution in [-0.4, -0.2) is 31.5 Å². The number of hydrogen-bond donors (Lipinski definition) is 1. The van der Waals surface area contributed by atoms with E-state index in [-0.39, 0.29) is 0 Å². The third-order valence-electron chi connectivity index (χ3n) is 10.4. The van der Waals surface area contributed by atoms with Crippen molar-refractivity contribution in [3.63, 3.8) is 0 Å². The van der Waals surface area contributed by atoms with Crippen LogP contribution in [0.5, 0.6) is 0 Å². The molecule has 3 fully saturated rings. The van der Waals surface area contributed by atoms with Crippen molar-refractivity contribution in [2.24, 2.45) is 17.3 Å². The van der Waals surface area contributed by atoms with E-state index in [2.05, 4.69) is 62.4 Å². The first-order valence-corrected chi connectivity index (χ1v) is 13.3. The monoisotopic (exact) mass is 444 g/mol. The molecule has 33 heavy (non-hydrogen) atoms. The van der Waals surface area contributed by atoms with Crippen molar-refractivity contribution in [1.82, 2.24) is 5.32 Å². The Balaban J connectivity index is 1.49. The van der Waals surface area contributed by atoms with Gasteiger partial charge in [-0.25, -0.2) is 0 Å². The SMILES string of the molecule is CC1CCC2(CC[C@H]3[C@@H]4CCC5=CC(=O)CCC5=C4C(c4ccc(N(C)C)cc4)C[C@@]32C)N1. The molecule has 5 aliphatic rings. The molecule has 2 saturated carbocycles. The van der Waals surface area contributed by atoms with E-state index < -0.39 is 0 Å². The number of carbonyl (C=O) groups excluding carboxylic acids is 1. The van der Waals surface area contributed by atoms with Crippen molar-refractivity contribution in [2.75, 3.05) is 19.0 Å². The van der Waals surface area contributed by atoms with Crippen LogP contribution >= 0.6 is 0 Å². The first-order chi connectivity index (χ1) is 15.8. The first-order valence-electron chi connectivity index (χ1n) is 13.3. The van der Waals surface area contributed by atoms with Crippen molar-refractivity contribution in [3.8, 4) is 0 Å². The van der Waals surface area contributed by atoms with Gasteiger partial charge in [0.05, 0.1) is 0 Å². The van der Waals surface area contributed by atoms with E-state index in [1.165, 1.54) is 55.3 Å². The highest BCUT2D eigenvalue weighted by molar-refractivity contribution is 5.93. The fourth-order valence-corrected chi connectivity index (χ4v) is 8.81. The van der Waals surface area contributed by atoms with Crippen LogP contribution in [0.1, 0.15) is 83.1 Å². The van der Waals surface area contributed by atoms with Crippen LogP contribution in [0, 0.1) is 17.3 Å². The lowest BCUT2D eigenvalue weighted by atomic mass is 9.50. The standard InChI is InChI=1S/C30H40N2O/c1-19-13-15-30(31-19)16-14-27-25-11-7-21-17-23(33)10-12-24(21)28(25)26(18-29(27,30)2)20-5-8-22(9-6-20)32(3)4/h5-6,8-9,17,19,25-27,31H,7,10-16,18H2,1-4H3/t19?,25-,26?,27-,29-,30?/m0/s1. The van der Waals surface area contributed by atoms with E-state index >= 15 is 0 Å². The Labute approximate surface area is 199 Å². The highest BCUT2D eigenvalue weighted by atomic mass is 16.1. The molecule has 1 heterocycles. The lowest BCUT2D eigenvalue weighted by Gasteiger charge is -2.56. The Kier molecular flexibility index (Phi) is 4.96. The summed E-state index contributed by atoms with van der Waals surface area (Å²) in [5.41, 5.74) is 8.07.